The van der Waals surface area contributed by atoms with Crippen LogP contribution in [-0.2, 0) is 0 Å². The number of rotatable bonds is 11. The molecule has 1 amide bonds. The van der Waals surface area contributed by atoms with Gasteiger partial charge in [0.2, 0.25) is 0 Å². The molecule has 0 aliphatic carbocycles. The summed E-state index contributed by atoms with van der Waals surface area (Å²) < 4.78 is 11.5. The Bertz CT molecular complexity index is 1130. The summed E-state index contributed by atoms with van der Waals surface area (Å²) in [7, 11) is 1.59. The van der Waals surface area contributed by atoms with E-state index in [4.69, 9.17) is 9.47 Å². The summed E-state index contributed by atoms with van der Waals surface area (Å²) in [4.78, 5) is 28.1. The predicted molar refractivity (Wildman–Crippen MR) is 140 cm³/mol. The second kappa shape index (κ2) is 12.2. The fourth-order valence-corrected chi connectivity index (χ4v) is 4.00. The Balaban J connectivity index is 1.71. The van der Waals surface area contributed by atoms with Crippen molar-refractivity contribution in [1.82, 2.24) is 4.90 Å². The highest BCUT2D eigenvalue weighted by atomic mass is 16.5. The van der Waals surface area contributed by atoms with Gasteiger partial charge in [0.05, 0.1) is 7.11 Å². The lowest BCUT2D eigenvalue weighted by molar-refractivity contribution is 0.102. The van der Waals surface area contributed by atoms with Crippen molar-refractivity contribution < 1.29 is 19.1 Å². The van der Waals surface area contributed by atoms with Crippen LogP contribution in [0.5, 0.6) is 11.5 Å². The number of carbonyl (C=O) groups is 2. The first-order valence-electron chi connectivity index (χ1n) is 11.9. The van der Waals surface area contributed by atoms with Crippen LogP contribution in [0.3, 0.4) is 0 Å². The van der Waals surface area contributed by atoms with Gasteiger partial charge >= 0.3 is 0 Å². The van der Waals surface area contributed by atoms with Gasteiger partial charge < -0.3 is 14.8 Å². The maximum atomic E-state index is 12.9. The Morgan fingerprint density at radius 1 is 0.800 bits per heavy atom. The quantitative estimate of drug-likeness (QED) is 0.362. The molecule has 0 atom stereocenters. The number of ketones is 1. The summed E-state index contributed by atoms with van der Waals surface area (Å²) in [5.41, 5.74) is 2.02. The van der Waals surface area contributed by atoms with E-state index >= 15 is 0 Å². The Kier molecular flexibility index (Phi) is 9.04. The van der Waals surface area contributed by atoms with Crippen LogP contribution < -0.4 is 14.8 Å². The van der Waals surface area contributed by atoms with Crippen molar-refractivity contribution >= 4 is 17.4 Å². The standard InChI is InChI=1S/C29H34N2O4/c1-20(2)31(21(3)4)16-17-35-27-19-25(14-15-26(27)34-5)30-29(33)24-13-9-12-23(18-24)28(32)22-10-7-6-8-11-22/h6-15,18-21H,16-17H2,1-5H3,(H,30,33). The van der Waals surface area contributed by atoms with Gasteiger partial charge in [-0.3, -0.25) is 14.5 Å². The average Bonchev–Trinajstić information content (AvgIpc) is 2.86. The second-order valence-corrected chi connectivity index (χ2v) is 8.87. The minimum Gasteiger partial charge on any atom is -0.493 e. The first-order chi connectivity index (χ1) is 16.8. The van der Waals surface area contributed by atoms with E-state index < -0.39 is 0 Å². The van der Waals surface area contributed by atoms with E-state index in [-0.39, 0.29) is 11.7 Å². The third-order valence-corrected chi connectivity index (χ3v) is 5.78. The summed E-state index contributed by atoms with van der Waals surface area (Å²) in [6, 6.07) is 21.8. The third-order valence-electron chi connectivity index (χ3n) is 5.78. The van der Waals surface area contributed by atoms with Crippen molar-refractivity contribution in [3.63, 3.8) is 0 Å². The van der Waals surface area contributed by atoms with Gasteiger partial charge in [-0.05, 0) is 52.0 Å². The van der Waals surface area contributed by atoms with E-state index in [9.17, 15) is 9.59 Å². The lowest BCUT2D eigenvalue weighted by atomic mass is 10.0. The predicted octanol–water partition coefficient (Wildman–Crippen LogP) is 5.68. The molecular formula is C29H34N2O4. The molecule has 0 bridgehead atoms. The molecule has 6 nitrogen and oxygen atoms in total. The second-order valence-electron chi connectivity index (χ2n) is 8.87. The van der Waals surface area contributed by atoms with Crippen molar-refractivity contribution in [2.75, 3.05) is 25.6 Å². The number of benzene rings is 3. The molecule has 1 N–H and O–H groups in total. The Labute approximate surface area is 207 Å². The van der Waals surface area contributed by atoms with Gasteiger partial charge in [-0.15, -0.1) is 0 Å². The zero-order chi connectivity index (χ0) is 25.4. The third kappa shape index (κ3) is 6.93. The molecule has 184 valence electrons. The number of methoxy groups -OCH3 is 1. The van der Waals surface area contributed by atoms with Gasteiger partial charge in [0, 0.05) is 47.1 Å². The highest BCUT2D eigenvalue weighted by molar-refractivity contribution is 6.11. The average molecular weight is 475 g/mol. The molecular weight excluding hydrogens is 440 g/mol. The van der Waals surface area contributed by atoms with Gasteiger partial charge in [-0.2, -0.15) is 0 Å². The van der Waals surface area contributed by atoms with Crippen molar-refractivity contribution in [3.05, 3.63) is 89.5 Å². The summed E-state index contributed by atoms with van der Waals surface area (Å²) in [6.45, 7) is 9.93. The molecule has 0 spiro atoms. The molecule has 6 heteroatoms. The molecule has 3 aromatic rings. The minimum atomic E-state index is -0.311. The van der Waals surface area contributed by atoms with Crippen molar-refractivity contribution in [1.29, 1.82) is 0 Å². The van der Waals surface area contributed by atoms with Gasteiger partial charge in [-0.25, -0.2) is 0 Å². The Morgan fingerprint density at radius 3 is 2.11 bits per heavy atom. The molecule has 35 heavy (non-hydrogen) atoms. The molecule has 0 aliphatic rings. The first kappa shape index (κ1) is 26.0. The van der Waals surface area contributed by atoms with Gasteiger partial charge in [0.25, 0.3) is 5.91 Å². The van der Waals surface area contributed by atoms with E-state index in [0.29, 0.717) is 52.6 Å². The molecule has 0 heterocycles. The van der Waals surface area contributed by atoms with Crippen LogP contribution in [0.25, 0.3) is 0 Å². The number of nitrogens with one attached hydrogen (secondary N) is 1. The van der Waals surface area contributed by atoms with Crippen molar-refractivity contribution in [2.45, 2.75) is 39.8 Å². The zero-order valence-corrected chi connectivity index (χ0v) is 21.1. The normalized spacial score (nSPS) is 11.1. The smallest absolute Gasteiger partial charge is 0.255 e. The lowest BCUT2D eigenvalue weighted by Crippen LogP contribution is -2.39. The minimum absolute atomic E-state index is 0.128. The topological polar surface area (TPSA) is 67.9 Å². The number of nitrogens with zero attached hydrogens (tertiary/aromatic N) is 1. The number of anilines is 1. The van der Waals surface area contributed by atoms with E-state index in [1.807, 2.05) is 18.2 Å². The molecule has 0 saturated carbocycles. The Morgan fingerprint density at radius 2 is 1.46 bits per heavy atom. The van der Waals surface area contributed by atoms with Crippen LogP contribution in [-0.4, -0.2) is 48.9 Å². The SMILES string of the molecule is COc1ccc(NC(=O)c2cccc(C(=O)c3ccccc3)c2)cc1OCCN(C(C)C)C(C)C. The summed E-state index contributed by atoms with van der Waals surface area (Å²) >= 11 is 0. The monoisotopic (exact) mass is 474 g/mol. The van der Waals surface area contributed by atoms with E-state index in [1.165, 1.54) is 0 Å². The van der Waals surface area contributed by atoms with Gasteiger partial charge in [0.15, 0.2) is 17.3 Å². The molecule has 3 rings (SSSR count). The first-order valence-corrected chi connectivity index (χ1v) is 11.9. The fourth-order valence-electron chi connectivity index (χ4n) is 4.00. The van der Waals surface area contributed by atoms with Crippen molar-refractivity contribution in [2.24, 2.45) is 0 Å². The summed E-state index contributed by atoms with van der Waals surface area (Å²) in [5, 5.41) is 2.90. The van der Waals surface area contributed by atoms with Crippen LogP contribution in [0.1, 0.15) is 54.0 Å². The molecule has 3 aromatic carbocycles. The fraction of sp³-hybridized carbons (Fsp3) is 0.310. The number of hydrogen-bond acceptors (Lipinski definition) is 5. The zero-order valence-electron chi connectivity index (χ0n) is 21.1. The highest BCUT2D eigenvalue weighted by Crippen LogP contribution is 2.30. The van der Waals surface area contributed by atoms with Crippen molar-refractivity contribution in [3.8, 4) is 11.5 Å². The molecule has 0 saturated heterocycles. The van der Waals surface area contributed by atoms with Crippen LogP contribution in [0, 0.1) is 0 Å². The summed E-state index contributed by atoms with van der Waals surface area (Å²) in [6.07, 6.45) is 0. The maximum Gasteiger partial charge on any atom is 0.255 e. The number of amides is 1. The van der Waals surface area contributed by atoms with E-state index in [1.54, 1.807) is 61.7 Å². The molecule has 0 aromatic heterocycles. The van der Waals surface area contributed by atoms with Crippen LogP contribution >= 0.6 is 0 Å². The van der Waals surface area contributed by atoms with Gasteiger partial charge in [0.1, 0.15) is 6.61 Å². The molecule has 0 unspecified atom stereocenters. The highest BCUT2D eigenvalue weighted by Gasteiger charge is 2.16. The van der Waals surface area contributed by atoms with Gasteiger partial charge in [-0.1, -0.05) is 42.5 Å². The summed E-state index contributed by atoms with van der Waals surface area (Å²) in [5.74, 6) is 0.719. The van der Waals surface area contributed by atoms with Crippen LogP contribution in [0.2, 0.25) is 0 Å². The largest absolute Gasteiger partial charge is 0.493 e. The number of carbonyl (C=O) groups excluding carboxylic acids is 2. The number of ether oxygens (including phenoxy) is 2. The maximum absolute atomic E-state index is 12.9. The molecule has 0 fully saturated rings. The lowest BCUT2D eigenvalue weighted by Gasteiger charge is -2.30. The number of hydrogen-bond donors (Lipinski definition) is 1. The van der Waals surface area contributed by atoms with E-state index in [2.05, 4.69) is 37.9 Å². The molecule has 0 aliphatic heterocycles. The Hall–Kier alpha value is -3.64. The molecule has 0 radical (unpaired) electrons. The van der Waals surface area contributed by atoms with E-state index in [0.717, 1.165) is 6.54 Å². The van der Waals surface area contributed by atoms with Crippen LogP contribution in [0.4, 0.5) is 5.69 Å². The van der Waals surface area contributed by atoms with Crippen LogP contribution in [0.15, 0.2) is 72.8 Å².